The molecule has 2 N–H and O–H groups in total. The molecular formula is C20H17N5O3S. The summed E-state index contributed by atoms with van der Waals surface area (Å²) < 4.78 is 29.8. The standard InChI is InChI=1S/C20H17N5O3S/c1-14(26)21-16-8-10-18(11-9-16)29(27,28)24-17-6-4-5-15(13-17)20-23-22-19-7-2-3-12-25(19)20/h2-13,24H,1H3,(H,21,26). The van der Waals surface area contributed by atoms with Crippen LogP contribution >= 0.6 is 0 Å². The normalized spacial score (nSPS) is 11.3. The van der Waals surface area contributed by atoms with Crippen molar-refractivity contribution in [3.8, 4) is 11.4 Å². The van der Waals surface area contributed by atoms with Gasteiger partial charge >= 0.3 is 0 Å². The first kappa shape index (κ1) is 18.6. The van der Waals surface area contributed by atoms with Gasteiger partial charge < -0.3 is 5.32 Å². The Morgan fingerprint density at radius 3 is 2.48 bits per heavy atom. The van der Waals surface area contributed by atoms with Crippen molar-refractivity contribution < 1.29 is 13.2 Å². The smallest absolute Gasteiger partial charge is 0.261 e. The number of aromatic nitrogens is 3. The molecule has 4 aromatic rings. The number of rotatable bonds is 5. The fourth-order valence-corrected chi connectivity index (χ4v) is 3.94. The maximum Gasteiger partial charge on any atom is 0.261 e. The van der Waals surface area contributed by atoms with E-state index in [-0.39, 0.29) is 10.8 Å². The zero-order valence-corrected chi connectivity index (χ0v) is 16.2. The number of benzene rings is 2. The van der Waals surface area contributed by atoms with Gasteiger partial charge in [0.05, 0.1) is 4.90 Å². The number of sulfonamides is 1. The zero-order valence-electron chi connectivity index (χ0n) is 15.4. The molecule has 4 rings (SSSR count). The summed E-state index contributed by atoms with van der Waals surface area (Å²) >= 11 is 0. The van der Waals surface area contributed by atoms with Crippen molar-refractivity contribution in [2.45, 2.75) is 11.8 Å². The lowest BCUT2D eigenvalue weighted by Gasteiger charge is -2.10. The summed E-state index contributed by atoms with van der Waals surface area (Å²) in [6, 6.07) is 18.5. The molecule has 0 aliphatic heterocycles. The van der Waals surface area contributed by atoms with Gasteiger partial charge in [0, 0.05) is 30.1 Å². The minimum absolute atomic E-state index is 0.0879. The van der Waals surface area contributed by atoms with E-state index in [1.807, 2.05) is 34.9 Å². The topological polar surface area (TPSA) is 105 Å². The van der Waals surface area contributed by atoms with Gasteiger partial charge in [-0.05, 0) is 48.5 Å². The van der Waals surface area contributed by atoms with Gasteiger partial charge in [-0.1, -0.05) is 18.2 Å². The van der Waals surface area contributed by atoms with E-state index >= 15 is 0 Å². The molecule has 1 amide bonds. The Balaban J connectivity index is 1.61. The van der Waals surface area contributed by atoms with Gasteiger partial charge in [0.2, 0.25) is 5.91 Å². The average Bonchev–Trinajstić information content (AvgIpc) is 3.12. The predicted molar refractivity (Wildman–Crippen MR) is 110 cm³/mol. The summed E-state index contributed by atoms with van der Waals surface area (Å²) in [4.78, 5) is 11.2. The first-order chi connectivity index (χ1) is 13.9. The molecule has 0 unspecified atom stereocenters. The average molecular weight is 407 g/mol. The quantitative estimate of drug-likeness (QED) is 0.529. The Labute approximate surface area is 167 Å². The minimum Gasteiger partial charge on any atom is -0.326 e. The Morgan fingerprint density at radius 1 is 0.931 bits per heavy atom. The van der Waals surface area contributed by atoms with Crippen molar-refractivity contribution in [1.82, 2.24) is 14.6 Å². The Bertz CT molecular complexity index is 1300. The van der Waals surface area contributed by atoms with Crippen LogP contribution in [-0.2, 0) is 14.8 Å². The van der Waals surface area contributed by atoms with Gasteiger partial charge in [0.25, 0.3) is 10.0 Å². The first-order valence-corrected chi connectivity index (χ1v) is 10.2. The number of pyridine rings is 1. The van der Waals surface area contributed by atoms with E-state index in [0.717, 1.165) is 5.56 Å². The molecule has 29 heavy (non-hydrogen) atoms. The first-order valence-electron chi connectivity index (χ1n) is 8.73. The fraction of sp³-hybridized carbons (Fsp3) is 0.0500. The van der Waals surface area contributed by atoms with E-state index in [4.69, 9.17) is 0 Å². The molecule has 0 saturated carbocycles. The van der Waals surface area contributed by atoms with Gasteiger partial charge in [-0.15, -0.1) is 10.2 Å². The fourth-order valence-electron chi connectivity index (χ4n) is 2.89. The van der Waals surface area contributed by atoms with Crippen LogP contribution in [0.25, 0.3) is 17.0 Å². The molecule has 8 nitrogen and oxygen atoms in total. The van der Waals surface area contributed by atoms with Crippen molar-refractivity contribution in [2.24, 2.45) is 0 Å². The summed E-state index contributed by atoms with van der Waals surface area (Å²) in [7, 11) is -3.79. The lowest BCUT2D eigenvalue weighted by molar-refractivity contribution is -0.114. The minimum atomic E-state index is -3.79. The highest BCUT2D eigenvalue weighted by atomic mass is 32.2. The van der Waals surface area contributed by atoms with Crippen LogP contribution in [0.4, 0.5) is 11.4 Å². The van der Waals surface area contributed by atoms with Crippen molar-refractivity contribution in [2.75, 3.05) is 10.0 Å². The number of carbonyl (C=O) groups is 1. The van der Waals surface area contributed by atoms with E-state index in [1.165, 1.54) is 31.2 Å². The maximum absolute atomic E-state index is 12.7. The molecule has 0 saturated heterocycles. The highest BCUT2D eigenvalue weighted by Crippen LogP contribution is 2.24. The van der Waals surface area contributed by atoms with Gasteiger partial charge in [-0.2, -0.15) is 0 Å². The van der Waals surface area contributed by atoms with Gasteiger partial charge in [0.1, 0.15) is 0 Å². The van der Waals surface area contributed by atoms with Gasteiger partial charge in [0.15, 0.2) is 11.5 Å². The summed E-state index contributed by atoms with van der Waals surface area (Å²) in [5.41, 5.74) is 2.36. The summed E-state index contributed by atoms with van der Waals surface area (Å²) in [6.07, 6.45) is 1.85. The molecule has 2 aromatic carbocycles. The number of amides is 1. The number of hydrogen-bond donors (Lipinski definition) is 2. The second-order valence-electron chi connectivity index (χ2n) is 6.34. The van der Waals surface area contributed by atoms with Crippen LogP contribution in [0, 0.1) is 0 Å². The Kier molecular flexibility index (Phi) is 4.73. The lowest BCUT2D eigenvalue weighted by atomic mass is 10.2. The van der Waals surface area contributed by atoms with Crippen molar-refractivity contribution in [3.05, 3.63) is 72.9 Å². The molecular weight excluding hydrogens is 390 g/mol. The number of nitrogens with zero attached hydrogens (tertiary/aromatic N) is 3. The van der Waals surface area contributed by atoms with Crippen molar-refractivity contribution >= 4 is 33.0 Å². The summed E-state index contributed by atoms with van der Waals surface area (Å²) in [6.45, 7) is 1.39. The number of anilines is 2. The zero-order chi connectivity index (χ0) is 20.4. The van der Waals surface area contributed by atoms with Crippen LogP contribution in [0.1, 0.15) is 6.92 Å². The number of hydrogen-bond acceptors (Lipinski definition) is 5. The highest BCUT2D eigenvalue weighted by Gasteiger charge is 2.15. The largest absolute Gasteiger partial charge is 0.326 e. The van der Waals surface area contributed by atoms with Crippen molar-refractivity contribution in [3.63, 3.8) is 0 Å². The molecule has 146 valence electrons. The molecule has 0 aliphatic rings. The predicted octanol–water partition coefficient (Wildman–Crippen LogP) is 3.16. The number of nitrogens with one attached hydrogen (secondary N) is 2. The number of carbonyl (C=O) groups excluding carboxylic acids is 1. The van der Waals surface area contributed by atoms with Crippen LogP contribution in [0.3, 0.4) is 0 Å². The molecule has 0 bridgehead atoms. The van der Waals surface area contributed by atoms with E-state index in [9.17, 15) is 13.2 Å². The van der Waals surface area contributed by atoms with Crippen molar-refractivity contribution in [1.29, 1.82) is 0 Å². The molecule has 0 atom stereocenters. The molecule has 0 aliphatic carbocycles. The molecule has 0 spiro atoms. The molecule has 9 heteroatoms. The van der Waals surface area contributed by atoms with Crippen LogP contribution in [-0.4, -0.2) is 28.9 Å². The molecule has 2 aromatic heterocycles. The van der Waals surface area contributed by atoms with Crippen LogP contribution in [0.2, 0.25) is 0 Å². The van der Waals surface area contributed by atoms with E-state index < -0.39 is 10.0 Å². The third-order valence-electron chi connectivity index (χ3n) is 4.17. The van der Waals surface area contributed by atoms with E-state index in [2.05, 4.69) is 20.2 Å². The molecule has 0 radical (unpaired) electrons. The van der Waals surface area contributed by atoms with Gasteiger partial charge in [-0.25, -0.2) is 8.42 Å². The summed E-state index contributed by atoms with van der Waals surface area (Å²) in [5.74, 6) is 0.387. The molecule has 2 heterocycles. The SMILES string of the molecule is CC(=O)Nc1ccc(S(=O)(=O)Nc2cccc(-c3nnc4ccccn34)c2)cc1. The van der Waals surface area contributed by atoms with Crippen LogP contribution in [0.15, 0.2) is 77.8 Å². The van der Waals surface area contributed by atoms with Gasteiger partial charge in [-0.3, -0.25) is 13.9 Å². The third kappa shape index (κ3) is 3.94. The molecule has 0 fully saturated rings. The lowest BCUT2D eigenvalue weighted by Crippen LogP contribution is -2.13. The highest BCUT2D eigenvalue weighted by molar-refractivity contribution is 7.92. The van der Waals surface area contributed by atoms with Crippen LogP contribution < -0.4 is 10.0 Å². The second-order valence-corrected chi connectivity index (χ2v) is 8.03. The maximum atomic E-state index is 12.7. The van der Waals surface area contributed by atoms with Crippen LogP contribution in [0.5, 0.6) is 0 Å². The monoisotopic (exact) mass is 407 g/mol. The number of fused-ring (bicyclic) bond motifs is 1. The van der Waals surface area contributed by atoms with E-state index in [0.29, 0.717) is 22.8 Å². The summed E-state index contributed by atoms with van der Waals surface area (Å²) in [5, 5.41) is 10.9. The third-order valence-corrected chi connectivity index (χ3v) is 5.57. The van der Waals surface area contributed by atoms with E-state index in [1.54, 1.807) is 18.2 Å². The Hall–Kier alpha value is -3.72. The Morgan fingerprint density at radius 2 is 1.72 bits per heavy atom. The second kappa shape index (κ2) is 7.36.